The van der Waals surface area contributed by atoms with Gasteiger partial charge in [-0.1, -0.05) is 61.8 Å². The van der Waals surface area contributed by atoms with Crippen molar-refractivity contribution in [2.75, 3.05) is 0 Å². The number of hydrogen-bond donors (Lipinski definition) is 0. The fourth-order valence-corrected chi connectivity index (χ4v) is 4.62. The second-order valence-corrected chi connectivity index (χ2v) is 7.90. The fourth-order valence-electron chi connectivity index (χ4n) is 4.62. The molecule has 0 amide bonds. The summed E-state index contributed by atoms with van der Waals surface area (Å²) in [7, 11) is 0. The predicted octanol–water partition coefficient (Wildman–Crippen LogP) is 7.27. The lowest BCUT2D eigenvalue weighted by atomic mass is 9.70. The molecule has 0 heterocycles. The molecule has 25 heavy (non-hydrogen) atoms. The lowest BCUT2D eigenvalue weighted by Crippen LogP contribution is -2.24. The highest BCUT2D eigenvalue weighted by molar-refractivity contribution is 5.48. The second-order valence-electron chi connectivity index (χ2n) is 7.90. The summed E-state index contributed by atoms with van der Waals surface area (Å²) >= 11 is 0. The Morgan fingerprint density at radius 2 is 1.56 bits per heavy atom. The van der Waals surface area contributed by atoms with Crippen molar-refractivity contribution < 1.29 is 4.39 Å². The van der Waals surface area contributed by atoms with Crippen LogP contribution in [-0.4, -0.2) is 0 Å². The van der Waals surface area contributed by atoms with Gasteiger partial charge in [0, 0.05) is 0 Å². The maximum atomic E-state index is 14.6. The number of allylic oxidation sites excluding steroid dienone is 4. The summed E-state index contributed by atoms with van der Waals surface area (Å²) in [5.41, 5.74) is 7.69. The van der Waals surface area contributed by atoms with E-state index < -0.39 is 0 Å². The minimum atomic E-state index is -0.0187. The van der Waals surface area contributed by atoms with E-state index in [2.05, 4.69) is 40.0 Å². The van der Waals surface area contributed by atoms with Crippen LogP contribution in [0.2, 0.25) is 0 Å². The minimum absolute atomic E-state index is 0.0187. The van der Waals surface area contributed by atoms with Gasteiger partial charge in [0.1, 0.15) is 5.82 Å². The summed E-state index contributed by atoms with van der Waals surface area (Å²) in [6.07, 6.45) is 6.47. The highest BCUT2D eigenvalue weighted by Crippen LogP contribution is 2.49. The fraction of sp³-hybridized carbons (Fsp3) is 0.500. The average molecular weight is 341 g/mol. The number of aryl methyl sites for hydroxylation is 1. The number of rotatable bonds is 6. The first-order chi connectivity index (χ1) is 11.7. The van der Waals surface area contributed by atoms with E-state index in [0.717, 1.165) is 40.7 Å². The Morgan fingerprint density at radius 3 is 2.04 bits per heavy atom. The largest absolute Gasteiger partial charge is 0.206 e. The molecule has 1 aromatic rings. The van der Waals surface area contributed by atoms with Crippen LogP contribution in [0.4, 0.5) is 4.39 Å². The zero-order valence-corrected chi connectivity index (χ0v) is 16.7. The third kappa shape index (κ3) is 3.81. The molecular weight excluding hydrogens is 307 g/mol. The third-order valence-corrected chi connectivity index (χ3v) is 6.07. The highest BCUT2D eigenvalue weighted by Gasteiger charge is 2.37. The van der Waals surface area contributed by atoms with Crippen molar-refractivity contribution in [1.29, 1.82) is 0 Å². The van der Waals surface area contributed by atoms with Gasteiger partial charge < -0.3 is 0 Å². The molecule has 0 nitrogen and oxygen atoms in total. The number of halogens is 1. The molecule has 1 heteroatoms. The van der Waals surface area contributed by atoms with Crippen molar-refractivity contribution in [3.05, 3.63) is 70.1 Å². The van der Waals surface area contributed by atoms with Gasteiger partial charge in [-0.15, -0.1) is 0 Å². The maximum Gasteiger partial charge on any atom is 0.129 e. The van der Waals surface area contributed by atoms with Gasteiger partial charge in [0.15, 0.2) is 0 Å². The van der Waals surface area contributed by atoms with Crippen molar-refractivity contribution in [1.82, 2.24) is 0 Å². The molecule has 0 saturated heterocycles. The van der Waals surface area contributed by atoms with Crippen LogP contribution in [0.3, 0.4) is 0 Å². The summed E-state index contributed by atoms with van der Waals surface area (Å²) < 4.78 is 14.6. The predicted molar refractivity (Wildman–Crippen MR) is 107 cm³/mol. The standard InChI is InChI=1S/C24H33F/c1-8-20-11-12-21(18(6)23(20)25)15-24(13-9-10-14-24)19(7)22(16(2)3)17(4)5/h11-12H,2,4,8-10,13-15H2,1,3,5-7H3. The van der Waals surface area contributed by atoms with Crippen LogP contribution in [-0.2, 0) is 12.8 Å². The van der Waals surface area contributed by atoms with Crippen molar-refractivity contribution in [2.24, 2.45) is 5.41 Å². The summed E-state index contributed by atoms with van der Waals surface area (Å²) in [5, 5.41) is 0. The molecule has 0 N–H and O–H groups in total. The van der Waals surface area contributed by atoms with Crippen molar-refractivity contribution in [3.8, 4) is 0 Å². The van der Waals surface area contributed by atoms with E-state index in [0.29, 0.717) is 0 Å². The van der Waals surface area contributed by atoms with E-state index in [4.69, 9.17) is 0 Å². The summed E-state index contributed by atoms with van der Waals surface area (Å²) in [6.45, 7) is 18.7. The molecule has 1 fully saturated rings. The normalized spacial score (nSPS) is 15.9. The average Bonchev–Trinajstić information content (AvgIpc) is 3.01. The monoisotopic (exact) mass is 340 g/mol. The van der Waals surface area contributed by atoms with Crippen LogP contribution in [0.5, 0.6) is 0 Å². The Labute approximate surface area is 153 Å². The lowest BCUT2D eigenvalue weighted by Gasteiger charge is -2.34. The Balaban J connectivity index is 2.52. The molecule has 0 aliphatic heterocycles. The van der Waals surface area contributed by atoms with E-state index in [1.54, 1.807) is 0 Å². The van der Waals surface area contributed by atoms with Crippen LogP contribution < -0.4 is 0 Å². The van der Waals surface area contributed by atoms with Gasteiger partial charge in [-0.3, -0.25) is 0 Å². The molecule has 136 valence electrons. The third-order valence-electron chi connectivity index (χ3n) is 6.07. The molecule has 0 atom stereocenters. The summed E-state index contributed by atoms with van der Waals surface area (Å²) in [6, 6.07) is 4.11. The molecule has 1 aromatic carbocycles. The number of hydrogen-bond acceptors (Lipinski definition) is 0. The first-order valence-corrected chi connectivity index (χ1v) is 9.53. The molecule has 0 bridgehead atoms. The molecule has 1 saturated carbocycles. The SMILES string of the molecule is C=C(C)C(C(=C)C)=C(C)C1(Cc2ccc(CC)c(F)c2C)CCCC1. The first-order valence-electron chi connectivity index (χ1n) is 9.53. The molecule has 2 rings (SSSR count). The zero-order chi connectivity index (χ0) is 18.8. The molecule has 0 unspecified atom stereocenters. The van der Waals surface area contributed by atoms with Crippen molar-refractivity contribution in [3.63, 3.8) is 0 Å². The smallest absolute Gasteiger partial charge is 0.129 e. The quantitative estimate of drug-likeness (QED) is 0.478. The topological polar surface area (TPSA) is 0 Å². The Hall–Kier alpha value is -1.63. The Bertz CT molecular complexity index is 696. The van der Waals surface area contributed by atoms with Crippen LogP contribution in [0.15, 0.2) is 47.6 Å². The Kier molecular flexibility index (Phi) is 6.08. The summed E-state index contributed by atoms with van der Waals surface area (Å²) in [5.74, 6) is -0.0187. The van der Waals surface area contributed by atoms with Gasteiger partial charge >= 0.3 is 0 Å². The van der Waals surface area contributed by atoms with Crippen LogP contribution >= 0.6 is 0 Å². The molecule has 0 aromatic heterocycles. The van der Waals surface area contributed by atoms with Crippen LogP contribution in [0.1, 0.15) is 70.1 Å². The van der Waals surface area contributed by atoms with Crippen molar-refractivity contribution >= 4 is 0 Å². The van der Waals surface area contributed by atoms with E-state index in [9.17, 15) is 4.39 Å². The lowest BCUT2D eigenvalue weighted by molar-refractivity contribution is 0.361. The van der Waals surface area contributed by atoms with Crippen LogP contribution in [0.25, 0.3) is 0 Å². The van der Waals surface area contributed by atoms with Gasteiger partial charge in [0.05, 0.1) is 0 Å². The maximum absolute atomic E-state index is 14.6. The van der Waals surface area contributed by atoms with Gasteiger partial charge in [-0.05, 0) is 81.1 Å². The van der Waals surface area contributed by atoms with Gasteiger partial charge in [0.25, 0.3) is 0 Å². The van der Waals surface area contributed by atoms with E-state index in [1.165, 1.54) is 36.8 Å². The van der Waals surface area contributed by atoms with Gasteiger partial charge in [0.2, 0.25) is 0 Å². The molecule has 1 aliphatic carbocycles. The molecule has 1 aliphatic rings. The highest BCUT2D eigenvalue weighted by atomic mass is 19.1. The first kappa shape index (κ1) is 19.7. The van der Waals surface area contributed by atoms with E-state index >= 15 is 0 Å². The minimum Gasteiger partial charge on any atom is -0.206 e. The number of benzene rings is 1. The molecular formula is C24H33F. The molecule has 0 radical (unpaired) electrons. The van der Waals surface area contributed by atoms with Gasteiger partial charge in [-0.2, -0.15) is 0 Å². The van der Waals surface area contributed by atoms with E-state index in [1.807, 2.05) is 19.9 Å². The van der Waals surface area contributed by atoms with Crippen LogP contribution in [0, 0.1) is 18.2 Å². The van der Waals surface area contributed by atoms with Crippen molar-refractivity contribution in [2.45, 2.75) is 73.1 Å². The zero-order valence-electron chi connectivity index (χ0n) is 16.7. The summed E-state index contributed by atoms with van der Waals surface area (Å²) in [4.78, 5) is 0. The molecule has 0 spiro atoms. The van der Waals surface area contributed by atoms with Gasteiger partial charge in [-0.25, -0.2) is 4.39 Å². The Morgan fingerprint density at radius 1 is 1.04 bits per heavy atom. The van der Waals surface area contributed by atoms with E-state index in [-0.39, 0.29) is 11.2 Å². The second kappa shape index (κ2) is 7.72.